The van der Waals surface area contributed by atoms with Crippen molar-refractivity contribution in [3.8, 4) is 0 Å². The molecular weight excluding hydrogens is 282 g/mol. The molecule has 0 amide bonds. The fraction of sp³-hybridized carbons (Fsp3) is 0.133. The van der Waals surface area contributed by atoms with E-state index in [4.69, 9.17) is 5.11 Å². The van der Waals surface area contributed by atoms with E-state index in [9.17, 15) is 13.6 Å². The quantitative estimate of drug-likeness (QED) is 0.856. The van der Waals surface area contributed by atoms with Gasteiger partial charge in [-0.2, -0.15) is 0 Å². The molecule has 0 radical (unpaired) electrons. The molecule has 2 aromatic rings. The lowest BCUT2D eigenvalue weighted by molar-refractivity contribution is 0.0696. The number of carboxylic acid groups (broad SMARTS) is 1. The number of carbonyl (C=O) groups is 1. The molecule has 0 spiro atoms. The monoisotopic (exact) mass is 294 g/mol. The van der Waals surface area contributed by atoms with Crippen molar-refractivity contribution in [1.29, 1.82) is 0 Å². The van der Waals surface area contributed by atoms with Gasteiger partial charge in [0.05, 0.1) is 5.56 Å². The van der Waals surface area contributed by atoms with Gasteiger partial charge in [-0.3, -0.25) is 0 Å². The number of aromatic carboxylic acids is 1. The molecule has 2 aromatic carbocycles. The standard InChI is InChI=1S/C15H12F2O2S/c1-9-5-6-10(7-11(9)15(18)19)20-8-12-13(16)3-2-4-14(12)17/h2-7H,8H2,1H3,(H,18,19). The Morgan fingerprint density at radius 2 is 1.85 bits per heavy atom. The first-order valence-electron chi connectivity index (χ1n) is 5.88. The van der Waals surface area contributed by atoms with Crippen LogP contribution >= 0.6 is 11.8 Å². The van der Waals surface area contributed by atoms with Crippen LogP contribution in [0.25, 0.3) is 0 Å². The summed E-state index contributed by atoms with van der Waals surface area (Å²) in [7, 11) is 0. The summed E-state index contributed by atoms with van der Waals surface area (Å²) in [4.78, 5) is 11.7. The van der Waals surface area contributed by atoms with Gasteiger partial charge in [-0.05, 0) is 36.8 Å². The topological polar surface area (TPSA) is 37.3 Å². The second-order valence-corrected chi connectivity index (χ2v) is 5.32. The molecule has 0 fully saturated rings. The Labute approximate surface area is 119 Å². The van der Waals surface area contributed by atoms with Crippen molar-refractivity contribution < 1.29 is 18.7 Å². The summed E-state index contributed by atoms with van der Waals surface area (Å²) in [5.41, 5.74) is 0.845. The highest BCUT2D eigenvalue weighted by Gasteiger charge is 2.11. The SMILES string of the molecule is Cc1ccc(SCc2c(F)cccc2F)cc1C(=O)O. The van der Waals surface area contributed by atoms with E-state index < -0.39 is 17.6 Å². The van der Waals surface area contributed by atoms with Gasteiger partial charge in [-0.15, -0.1) is 11.8 Å². The summed E-state index contributed by atoms with van der Waals surface area (Å²) in [6, 6.07) is 8.66. The van der Waals surface area contributed by atoms with Crippen molar-refractivity contribution in [2.75, 3.05) is 0 Å². The van der Waals surface area contributed by atoms with Gasteiger partial charge in [0.25, 0.3) is 0 Å². The molecule has 0 aliphatic rings. The van der Waals surface area contributed by atoms with E-state index in [-0.39, 0.29) is 16.9 Å². The number of thioether (sulfide) groups is 1. The molecule has 0 saturated heterocycles. The van der Waals surface area contributed by atoms with Gasteiger partial charge in [0.15, 0.2) is 0 Å². The third-order valence-corrected chi connectivity index (χ3v) is 3.90. The molecule has 2 nitrogen and oxygen atoms in total. The van der Waals surface area contributed by atoms with Crippen molar-refractivity contribution in [3.05, 3.63) is 64.7 Å². The minimum Gasteiger partial charge on any atom is -0.478 e. The van der Waals surface area contributed by atoms with Gasteiger partial charge in [0.2, 0.25) is 0 Å². The molecule has 0 aliphatic heterocycles. The van der Waals surface area contributed by atoms with Gasteiger partial charge >= 0.3 is 5.97 Å². The number of hydrogen-bond donors (Lipinski definition) is 1. The number of aryl methyl sites for hydroxylation is 1. The molecule has 1 N–H and O–H groups in total. The molecule has 2 rings (SSSR count). The number of hydrogen-bond acceptors (Lipinski definition) is 2. The van der Waals surface area contributed by atoms with Crippen LogP contribution in [-0.4, -0.2) is 11.1 Å². The van der Waals surface area contributed by atoms with Crippen LogP contribution in [0.2, 0.25) is 0 Å². The molecule has 0 aliphatic carbocycles. The van der Waals surface area contributed by atoms with E-state index in [0.29, 0.717) is 10.5 Å². The molecule has 0 atom stereocenters. The van der Waals surface area contributed by atoms with Crippen molar-refractivity contribution in [3.63, 3.8) is 0 Å². The predicted octanol–water partition coefficient (Wildman–Crippen LogP) is 4.26. The second kappa shape index (κ2) is 6.05. The average Bonchev–Trinajstić information content (AvgIpc) is 2.39. The smallest absolute Gasteiger partial charge is 0.335 e. The van der Waals surface area contributed by atoms with Crippen molar-refractivity contribution >= 4 is 17.7 Å². The minimum atomic E-state index is -1.01. The Morgan fingerprint density at radius 1 is 1.20 bits per heavy atom. The zero-order valence-corrected chi connectivity index (χ0v) is 11.5. The van der Waals surface area contributed by atoms with Gasteiger partial charge in [0.1, 0.15) is 11.6 Å². The van der Waals surface area contributed by atoms with Crippen LogP contribution in [-0.2, 0) is 5.75 Å². The molecule has 104 valence electrons. The summed E-state index contributed by atoms with van der Waals surface area (Å²) in [5, 5.41) is 9.03. The summed E-state index contributed by atoms with van der Waals surface area (Å²) < 4.78 is 27.0. The fourth-order valence-corrected chi connectivity index (χ4v) is 2.70. The van der Waals surface area contributed by atoms with Crippen LogP contribution in [0.1, 0.15) is 21.5 Å². The largest absolute Gasteiger partial charge is 0.478 e. The van der Waals surface area contributed by atoms with Crippen LogP contribution in [0.4, 0.5) is 8.78 Å². The number of rotatable bonds is 4. The maximum Gasteiger partial charge on any atom is 0.335 e. The molecule has 5 heteroatoms. The van der Waals surface area contributed by atoms with E-state index in [0.717, 1.165) is 0 Å². The van der Waals surface area contributed by atoms with Crippen molar-refractivity contribution in [1.82, 2.24) is 0 Å². The summed E-state index contributed by atoms with van der Waals surface area (Å²) >= 11 is 1.20. The van der Waals surface area contributed by atoms with Crippen LogP contribution < -0.4 is 0 Å². The van der Waals surface area contributed by atoms with E-state index >= 15 is 0 Å². The first-order valence-corrected chi connectivity index (χ1v) is 6.87. The molecule has 0 heterocycles. The lowest BCUT2D eigenvalue weighted by atomic mass is 10.1. The Kier molecular flexibility index (Phi) is 4.39. The van der Waals surface area contributed by atoms with E-state index in [1.807, 2.05) is 0 Å². The van der Waals surface area contributed by atoms with Crippen LogP contribution in [0.3, 0.4) is 0 Å². The fourth-order valence-electron chi connectivity index (χ4n) is 1.75. The summed E-state index contributed by atoms with van der Waals surface area (Å²) in [5.74, 6) is -2.09. The Hall–Kier alpha value is -1.88. The van der Waals surface area contributed by atoms with E-state index in [1.165, 1.54) is 36.0 Å². The maximum absolute atomic E-state index is 13.5. The Bertz CT molecular complexity index is 636. The van der Waals surface area contributed by atoms with E-state index in [2.05, 4.69) is 0 Å². The van der Waals surface area contributed by atoms with Crippen molar-refractivity contribution in [2.45, 2.75) is 17.6 Å². The van der Waals surface area contributed by atoms with Crippen LogP contribution in [0, 0.1) is 18.6 Å². The van der Waals surface area contributed by atoms with Gasteiger partial charge in [0, 0.05) is 16.2 Å². The highest BCUT2D eigenvalue weighted by atomic mass is 32.2. The second-order valence-electron chi connectivity index (χ2n) is 4.27. The zero-order valence-electron chi connectivity index (χ0n) is 10.7. The average molecular weight is 294 g/mol. The van der Waals surface area contributed by atoms with E-state index in [1.54, 1.807) is 19.1 Å². The first kappa shape index (κ1) is 14.5. The minimum absolute atomic E-state index is 0.00468. The Morgan fingerprint density at radius 3 is 2.45 bits per heavy atom. The molecule has 0 saturated carbocycles. The number of halogens is 2. The molecule has 0 aromatic heterocycles. The van der Waals surface area contributed by atoms with Gasteiger partial charge in [-0.25, -0.2) is 13.6 Å². The van der Waals surface area contributed by atoms with Crippen LogP contribution in [0.15, 0.2) is 41.3 Å². The predicted molar refractivity (Wildman–Crippen MR) is 74.1 cm³/mol. The highest BCUT2D eigenvalue weighted by Crippen LogP contribution is 2.27. The molecular formula is C15H12F2O2S. The first-order chi connectivity index (χ1) is 9.49. The lowest BCUT2D eigenvalue weighted by Crippen LogP contribution is -1.99. The third-order valence-electron chi connectivity index (χ3n) is 2.88. The Balaban J connectivity index is 2.19. The van der Waals surface area contributed by atoms with Crippen LogP contribution in [0.5, 0.6) is 0 Å². The van der Waals surface area contributed by atoms with Crippen molar-refractivity contribution in [2.24, 2.45) is 0 Å². The molecule has 20 heavy (non-hydrogen) atoms. The lowest BCUT2D eigenvalue weighted by Gasteiger charge is -2.07. The molecule has 0 bridgehead atoms. The third kappa shape index (κ3) is 3.17. The maximum atomic E-state index is 13.5. The number of benzene rings is 2. The van der Waals surface area contributed by atoms with Gasteiger partial charge < -0.3 is 5.11 Å². The summed E-state index contributed by atoms with van der Waals surface area (Å²) in [6.07, 6.45) is 0. The molecule has 0 unspecified atom stereocenters. The summed E-state index contributed by atoms with van der Waals surface area (Å²) in [6.45, 7) is 1.70. The van der Waals surface area contributed by atoms with Gasteiger partial charge in [-0.1, -0.05) is 12.1 Å². The highest BCUT2D eigenvalue weighted by molar-refractivity contribution is 7.98. The number of carboxylic acids is 1. The normalized spacial score (nSPS) is 10.6. The zero-order chi connectivity index (χ0) is 14.7.